The third-order valence-corrected chi connectivity index (χ3v) is 5.24. The normalized spacial score (nSPS) is 23.1. The van der Waals surface area contributed by atoms with Gasteiger partial charge >= 0.3 is 0 Å². The largest absolute Gasteiger partial charge is 0.398 e. The molecule has 0 radical (unpaired) electrons. The van der Waals surface area contributed by atoms with Crippen LogP contribution in [0, 0.1) is 12.8 Å². The molecule has 1 heterocycles. The fourth-order valence-electron chi connectivity index (χ4n) is 2.58. The summed E-state index contributed by atoms with van der Waals surface area (Å²) in [5.41, 5.74) is 7.03. The van der Waals surface area contributed by atoms with Gasteiger partial charge in [-0.1, -0.05) is 13.0 Å². The molecule has 1 aromatic rings. The van der Waals surface area contributed by atoms with Crippen molar-refractivity contribution in [3.63, 3.8) is 0 Å². The van der Waals surface area contributed by atoms with E-state index in [9.17, 15) is 8.42 Å². The summed E-state index contributed by atoms with van der Waals surface area (Å²) < 4.78 is 32.8. The Balaban J connectivity index is 2.07. The minimum atomic E-state index is -3.56. The zero-order valence-corrected chi connectivity index (χ0v) is 12.7. The lowest BCUT2D eigenvalue weighted by atomic mass is 10.0. The first-order chi connectivity index (χ1) is 9.44. The number of sulfonamides is 1. The van der Waals surface area contributed by atoms with E-state index in [2.05, 4.69) is 11.6 Å². The molecule has 6 heteroatoms. The smallest absolute Gasteiger partial charge is 0.242 e. The quantitative estimate of drug-likeness (QED) is 0.810. The monoisotopic (exact) mass is 298 g/mol. The van der Waals surface area contributed by atoms with Gasteiger partial charge in [0.2, 0.25) is 10.0 Å². The van der Waals surface area contributed by atoms with Crippen molar-refractivity contribution in [2.24, 2.45) is 5.92 Å². The van der Waals surface area contributed by atoms with Crippen molar-refractivity contribution in [3.8, 4) is 0 Å². The molecule has 0 bridgehead atoms. The number of anilines is 1. The van der Waals surface area contributed by atoms with E-state index >= 15 is 0 Å². The van der Waals surface area contributed by atoms with Crippen molar-refractivity contribution in [3.05, 3.63) is 23.8 Å². The van der Waals surface area contributed by atoms with Crippen LogP contribution < -0.4 is 10.5 Å². The molecule has 1 aromatic carbocycles. The van der Waals surface area contributed by atoms with Crippen LogP contribution in [0.4, 0.5) is 5.69 Å². The standard InChI is InChI=1S/C14H22N2O3S/c1-3-13-11(6-7-19-13)9-16-20(17,18)14-5-4-10(2)8-12(14)15/h4-5,8,11,13,16H,3,6-7,9,15H2,1-2H3. The molecule has 3 N–H and O–H groups in total. The first kappa shape index (κ1) is 15.3. The van der Waals surface area contributed by atoms with Crippen LogP contribution in [0.5, 0.6) is 0 Å². The molecule has 1 saturated heterocycles. The van der Waals surface area contributed by atoms with Gasteiger partial charge in [-0.15, -0.1) is 0 Å². The second-order valence-corrected chi connectivity index (χ2v) is 6.99. The lowest BCUT2D eigenvalue weighted by molar-refractivity contribution is 0.0884. The average molecular weight is 298 g/mol. The predicted octanol–water partition coefficient (Wildman–Crippen LogP) is 1.67. The fraction of sp³-hybridized carbons (Fsp3) is 0.571. The van der Waals surface area contributed by atoms with Crippen molar-refractivity contribution in [1.82, 2.24) is 4.72 Å². The van der Waals surface area contributed by atoms with Gasteiger partial charge in [0.1, 0.15) is 4.90 Å². The molecular formula is C14H22N2O3S. The summed E-state index contributed by atoms with van der Waals surface area (Å²) in [4.78, 5) is 0.148. The van der Waals surface area contributed by atoms with Gasteiger partial charge in [-0.3, -0.25) is 0 Å². The molecule has 1 fully saturated rings. The van der Waals surface area contributed by atoms with Crippen LogP contribution in [0.25, 0.3) is 0 Å². The number of rotatable bonds is 5. The van der Waals surface area contributed by atoms with Crippen molar-refractivity contribution >= 4 is 15.7 Å². The molecule has 1 aliphatic rings. The first-order valence-corrected chi connectivity index (χ1v) is 8.39. The number of aryl methyl sites for hydroxylation is 1. The highest BCUT2D eigenvalue weighted by Gasteiger charge is 2.28. The minimum absolute atomic E-state index is 0.146. The Kier molecular flexibility index (Phi) is 4.67. The van der Waals surface area contributed by atoms with E-state index in [-0.39, 0.29) is 22.6 Å². The van der Waals surface area contributed by atoms with Crippen LogP contribution in [0.3, 0.4) is 0 Å². The van der Waals surface area contributed by atoms with Crippen LogP contribution in [-0.2, 0) is 14.8 Å². The maximum absolute atomic E-state index is 12.3. The molecule has 1 aliphatic heterocycles. The average Bonchev–Trinajstić information content (AvgIpc) is 2.83. The van der Waals surface area contributed by atoms with Crippen LogP contribution in [0.1, 0.15) is 25.3 Å². The maximum Gasteiger partial charge on any atom is 0.242 e. The highest BCUT2D eigenvalue weighted by molar-refractivity contribution is 7.89. The first-order valence-electron chi connectivity index (χ1n) is 6.91. The number of benzene rings is 1. The summed E-state index contributed by atoms with van der Waals surface area (Å²) in [6.45, 7) is 5.03. The number of ether oxygens (including phenoxy) is 1. The second-order valence-electron chi connectivity index (χ2n) is 5.26. The predicted molar refractivity (Wildman–Crippen MR) is 78.9 cm³/mol. The molecule has 0 spiro atoms. The molecule has 0 aromatic heterocycles. The van der Waals surface area contributed by atoms with Crippen molar-refractivity contribution in [2.45, 2.75) is 37.7 Å². The topological polar surface area (TPSA) is 81.4 Å². The molecule has 0 amide bonds. The molecule has 2 rings (SSSR count). The summed E-state index contributed by atoms with van der Waals surface area (Å²) in [7, 11) is -3.56. The van der Waals surface area contributed by atoms with Gasteiger partial charge in [-0.05, 0) is 37.5 Å². The maximum atomic E-state index is 12.3. The van der Waals surface area contributed by atoms with Gasteiger partial charge in [-0.25, -0.2) is 13.1 Å². The van der Waals surface area contributed by atoms with E-state index in [0.29, 0.717) is 13.2 Å². The summed E-state index contributed by atoms with van der Waals surface area (Å²) in [5.74, 6) is 0.237. The zero-order valence-electron chi connectivity index (χ0n) is 11.9. The van der Waals surface area contributed by atoms with E-state index in [1.54, 1.807) is 18.2 Å². The van der Waals surface area contributed by atoms with E-state index in [1.165, 1.54) is 0 Å². The molecule has 112 valence electrons. The lowest BCUT2D eigenvalue weighted by Crippen LogP contribution is -2.33. The number of hydrogen-bond donors (Lipinski definition) is 2. The lowest BCUT2D eigenvalue weighted by Gasteiger charge is -2.17. The van der Waals surface area contributed by atoms with E-state index < -0.39 is 10.0 Å². The van der Waals surface area contributed by atoms with Crippen LogP contribution in [-0.4, -0.2) is 27.7 Å². The molecule has 0 aliphatic carbocycles. The highest BCUT2D eigenvalue weighted by Crippen LogP contribution is 2.24. The second kappa shape index (κ2) is 6.11. The number of hydrogen-bond acceptors (Lipinski definition) is 4. The third kappa shape index (κ3) is 3.31. The SMILES string of the molecule is CCC1OCCC1CNS(=O)(=O)c1ccc(C)cc1N. The van der Waals surface area contributed by atoms with Crippen LogP contribution in [0.15, 0.2) is 23.1 Å². The molecular weight excluding hydrogens is 276 g/mol. The molecule has 5 nitrogen and oxygen atoms in total. The van der Waals surface area contributed by atoms with Gasteiger partial charge in [0, 0.05) is 19.1 Å². The highest BCUT2D eigenvalue weighted by atomic mass is 32.2. The summed E-state index contributed by atoms with van der Waals surface area (Å²) in [6, 6.07) is 4.97. The zero-order chi connectivity index (χ0) is 14.8. The van der Waals surface area contributed by atoms with Gasteiger partial charge in [0.05, 0.1) is 11.8 Å². The molecule has 2 unspecified atom stereocenters. The Morgan fingerprint density at radius 2 is 2.20 bits per heavy atom. The molecule has 0 saturated carbocycles. The summed E-state index contributed by atoms with van der Waals surface area (Å²) >= 11 is 0. The number of nitrogens with one attached hydrogen (secondary N) is 1. The van der Waals surface area contributed by atoms with Crippen molar-refractivity contribution < 1.29 is 13.2 Å². The Morgan fingerprint density at radius 1 is 1.45 bits per heavy atom. The summed E-state index contributed by atoms with van der Waals surface area (Å²) in [5, 5.41) is 0. The Bertz CT molecular complexity index is 572. The van der Waals surface area contributed by atoms with Crippen molar-refractivity contribution in [1.29, 1.82) is 0 Å². The van der Waals surface area contributed by atoms with E-state index in [0.717, 1.165) is 18.4 Å². The van der Waals surface area contributed by atoms with Crippen molar-refractivity contribution in [2.75, 3.05) is 18.9 Å². The van der Waals surface area contributed by atoms with E-state index in [4.69, 9.17) is 10.5 Å². The molecule has 2 atom stereocenters. The Hall–Kier alpha value is -1.11. The van der Waals surface area contributed by atoms with Gasteiger partial charge < -0.3 is 10.5 Å². The molecule has 20 heavy (non-hydrogen) atoms. The van der Waals surface area contributed by atoms with Crippen LogP contribution >= 0.6 is 0 Å². The van der Waals surface area contributed by atoms with E-state index in [1.807, 2.05) is 6.92 Å². The van der Waals surface area contributed by atoms with Crippen LogP contribution in [0.2, 0.25) is 0 Å². The number of nitrogens with two attached hydrogens (primary N) is 1. The Labute approximate surface area is 120 Å². The van der Waals surface area contributed by atoms with Gasteiger partial charge in [0.25, 0.3) is 0 Å². The van der Waals surface area contributed by atoms with Gasteiger partial charge in [0.15, 0.2) is 0 Å². The fourth-order valence-corrected chi connectivity index (χ4v) is 3.79. The van der Waals surface area contributed by atoms with Gasteiger partial charge in [-0.2, -0.15) is 0 Å². The summed E-state index contributed by atoms with van der Waals surface area (Å²) in [6.07, 6.45) is 1.94. The Morgan fingerprint density at radius 3 is 2.85 bits per heavy atom. The number of nitrogen functional groups attached to an aromatic ring is 1. The minimum Gasteiger partial charge on any atom is -0.398 e. The third-order valence-electron chi connectivity index (χ3n) is 3.74.